The van der Waals surface area contributed by atoms with Gasteiger partial charge in [0.25, 0.3) is 5.91 Å². The topological polar surface area (TPSA) is 49.9 Å². The number of hydrogen-bond acceptors (Lipinski definition) is 3. The summed E-state index contributed by atoms with van der Waals surface area (Å²) in [6.45, 7) is 3.42. The Balaban J connectivity index is 1.50. The molecule has 2 fully saturated rings. The number of carbonyl (C=O) groups excluding carboxylic acids is 2. The van der Waals surface area contributed by atoms with Crippen LogP contribution in [-0.2, 0) is 9.53 Å². The summed E-state index contributed by atoms with van der Waals surface area (Å²) >= 11 is 5.77. The zero-order valence-corrected chi connectivity index (χ0v) is 15.7. The number of rotatable bonds is 5. The highest BCUT2D eigenvalue weighted by Gasteiger charge is 2.32. The summed E-state index contributed by atoms with van der Waals surface area (Å²) in [6, 6.07) is 4.07. The van der Waals surface area contributed by atoms with Gasteiger partial charge in [-0.15, -0.1) is 0 Å². The van der Waals surface area contributed by atoms with Crippen LogP contribution >= 0.6 is 11.6 Å². The first-order valence-electron chi connectivity index (χ1n) is 8.99. The van der Waals surface area contributed by atoms with Gasteiger partial charge in [-0.3, -0.25) is 9.59 Å². The minimum Gasteiger partial charge on any atom is -0.384 e. The van der Waals surface area contributed by atoms with Gasteiger partial charge in [-0.25, -0.2) is 4.39 Å². The van der Waals surface area contributed by atoms with E-state index in [1.807, 2.05) is 4.90 Å². The molecule has 0 aromatic heterocycles. The van der Waals surface area contributed by atoms with E-state index < -0.39 is 5.82 Å². The number of amides is 2. The lowest BCUT2D eigenvalue weighted by atomic mass is 9.95. The lowest BCUT2D eigenvalue weighted by molar-refractivity contribution is -0.128. The average Bonchev–Trinajstić information content (AvgIpc) is 2.97. The summed E-state index contributed by atoms with van der Waals surface area (Å²) in [6.07, 6.45) is 2.29. The maximum atomic E-state index is 13.3. The van der Waals surface area contributed by atoms with Crippen molar-refractivity contribution in [3.63, 3.8) is 0 Å². The van der Waals surface area contributed by atoms with Crippen molar-refractivity contribution in [3.8, 4) is 0 Å². The summed E-state index contributed by atoms with van der Waals surface area (Å²) < 4.78 is 18.4. The van der Waals surface area contributed by atoms with Crippen LogP contribution in [-0.4, -0.2) is 61.5 Å². The standard InChI is InChI=1S/C19H24ClFN2O3/c1-26-12-14-8-18(24)23(11-14)10-13-4-6-22(7-5-13)19(25)15-2-3-17(21)16(20)9-15/h2-3,9,13-14H,4-8,10-12H2,1H3. The number of nitrogens with zero attached hydrogens (tertiary/aromatic N) is 2. The molecule has 2 aliphatic heterocycles. The fourth-order valence-corrected chi connectivity index (χ4v) is 4.00. The number of methoxy groups -OCH3 is 1. The molecule has 1 unspecified atom stereocenters. The summed E-state index contributed by atoms with van der Waals surface area (Å²) in [5.41, 5.74) is 0.409. The van der Waals surface area contributed by atoms with Gasteiger partial charge in [-0.2, -0.15) is 0 Å². The Kier molecular flexibility index (Phi) is 6.14. The molecular weight excluding hydrogens is 359 g/mol. The van der Waals surface area contributed by atoms with Crippen molar-refractivity contribution in [1.29, 1.82) is 0 Å². The number of piperidine rings is 1. The SMILES string of the molecule is COCC1CC(=O)N(CC2CCN(C(=O)c3ccc(F)c(Cl)c3)CC2)C1. The number of halogens is 2. The van der Waals surface area contributed by atoms with E-state index in [1.165, 1.54) is 18.2 Å². The van der Waals surface area contributed by atoms with Gasteiger partial charge in [-0.05, 0) is 37.0 Å². The van der Waals surface area contributed by atoms with E-state index in [1.54, 1.807) is 12.0 Å². The molecule has 0 radical (unpaired) electrons. The van der Waals surface area contributed by atoms with Gasteiger partial charge in [0.1, 0.15) is 5.82 Å². The molecule has 2 saturated heterocycles. The normalized spacial score (nSPS) is 21.5. The molecule has 2 amide bonds. The van der Waals surface area contributed by atoms with Crippen molar-refractivity contribution in [2.75, 3.05) is 39.9 Å². The zero-order chi connectivity index (χ0) is 18.7. The van der Waals surface area contributed by atoms with E-state index in [0.29, 0.717) is 37.6 Å². The molecule has 7 heteroatoms. The molecule has 5 nitrogen and oxygen atoms in total. The van der Waals surface area contributed by atoms with E-state index in [9.17, 15) is 14.0 Å². The molecule has 3 rings (SSSR count). The van der Waals surface area contributed by atoms with Gasteiger partial charge in [0.2, 0.25) is 5.91 Å². The van der Waals surface area contributed by atoms with Crippen LogP contribution in [0.2, 0.25) is 5.02 Å². The second-order valence-electron chi connectivity index (χ2n) is 7.19. The first-order chi connectivity index (χ1) is 12.5. The molecule has 2 aliphatic rings. The van der Waals surface area contributed by atoms with Crippen molar-refractivity contribution < 1.29 is 18.7 Å². The summed E-state index contributed by atoms with van der Waals surface area (Å²) in [5.74, 6) is 0.247. The molecule has 0 bridgehead atoms. The van der Waals surface area contributed by atoms with Crippen LogP contribution in [0, 0.1) is 17.7 Å². The lowest BCUT2D eigenvalue weighted by Crippen LogP contribution is -2.42. The Hall–Kier alpha value is -1.66. The molecule has 0 N–H and O–H groups in total. The predicted octanol–water partition coefficient (Wildman–Crippen LogP) is 2.83. The fourth-order valence-electron chi connectivity index (χ4n) is 3.82. The van der Waals surface area contributed by atoms with Gasteiger partial charge in [0.05, 0.1) is 11.6 Å². The third-order valence-electron chi connectivity index (χ3n) is 5.24. The van der Waals surface area contributed by atoms with Gasteiger partial charge >= 0.3 is 0 Å². The maximum absolute atomic E-state index is 13.3. The van der Waals surface area contributed by atoms with Crippen LogP contribution in [0.1, 0.15) is 29.6 Å². The molecule has 26 heavy (non-hydrogen) atoms. The van der Waals surface area contributed by atoms with Gasteiger partial charge in [0, 0.05) is 51.2 Å². The third kappa shape index (κ3) is 4.35. The van der Waals surface area contributed by atoms with Gasteiger partial charge in [-0.1, -0.05) is 11.6 Å². The highest BCUT2D eigenvalue weighted by Crippen LogP contribution is 2.25. The maximum Gasteiger partial charge on any atom is 0.253 e. The second kappa shape index (κ2) is 8.35. The minimum absolute atomic E-state index is 0.0381. The summed E-state index contributed by atoms with van der Waals surface area (Å²) in [4.78, 5) is 28.4. The number of likely N-dealkylation sites (tertiary alicyclic amines) is 2. The quantitative estimate of drug-likeness (QED) is 0.786. The van der Waals surface area contributed by atoms with E-state index in [2.05, 4.69) is 0 Å². The first-order valence-corrected chi connectivity index (χ1v) is 9.36. The van der Waals surface area contributed by atoms with E-state index in [-0.39, 0.29) is 22.8 Å². The highest BCUT2D eigenvalue weighted by atomic mass is 35.5. The summed E-state index contributed by atoms with van der Waals surface area (Å²) in [5, 5.41) is -0.0381. The molecule has 1 aromatic carbocycles. The van der Waals surface area contributed by atoms with Crippen molar-refractivity contribution in [3.05, 3.63) is 34.6 Å². The summed E-state index contributed by atoms with van der Waals surface area (Å²) in [7, 11) is 1.66. The highest BCUT2D eigenvalue weighted by molar-refractivity contribution is 6.31. The lowest BCUT2D eigenvalue weighted by Gasteiger charge is -2.34. The van der Waals surface area contributed by atoms with Crippen LogP contribution < -0.4 is 0 Å². The molecule has 2 heterocycles. The fraction of sp³-hybridized carbons (Fsp3) is 0.579. The van der Waals surface area contributed by atoms with E-state index in [0.717, 1.165) is 25.9 Å². The van der Waals surface area contributed by atoms with Crippen molar-refractivity contribution in [2.45, 2.75) is 19.3 Å². The minimum atomic E-state index is -0.524. The van der Waals surface area contributed by atoms with Crippen molar-refractivity contribution in [2.24, 2.45) is 11.8 Å². The van der Waals surface area contributed by atoms with Gasteiger partial charge in [0.15, 0.2) is 0 Å². The molecule has 0 aliphatic carbocycles. The predicted molar refractivity (Wildman–Crippen MR) is 96.6 cm³/mol. The molecule has 1 atom stereocenters. The first kappa shape index (κ1) is 19.1. The molecular formula is C19H24ClFN2O3. The Morgan fingerprint density at radius 3 is 2.69 bits per heavy atom. The number of benzene rings is 1. The van der Waals surface area contributed by atoms with Crippen LogP contribution in [0.4, 0.5) is 4.39 Å². The largest absolute Gasteiger partial charge is 0.384 e. The van der Waals surface area contributed by atoms with E-state index in [4.69, 9.17) is 16.3 Å². The number of ether oxygens (including phenoxy) is 1. The molecule has 0 spiro atoms. The third-order valence-corrected chi connectivity index (χ3v) is 5.53. The Morgan fingerprint density at radius 2 is 2.04 bits per heavy atom. The zero-order valence-electron chi connectivity index (χ0n) is 14.9. The van der Waals surface area contributed by atoms with Crippen molar-refractivity contribution in [1.82, 2.24) is 9.80 Å². The Labute approximate surface area is 158 Å². The Morgan fingerprint density at radius 1 is 1.31 bits per heavy atom. The molecule has 142 valence electrons. The average molecular weight is 383 g/mol. The van der Waals surface area contributed by atoms with Gasteiger partial charge < -0.3 is 14.5 Å². The van der Waals surface area contributed by atoms with Crippen LogP contribution in [0.25, 0.3) is 0 Å². The van der Waals surface area contributed by atoms with Crippen LogP contribution in [0.15, 0.2) is 18.2 Å². The number of carbonyl (C=O) groups is 2. The molecule has 0 saturated carbocycles. The smallest absolute Gasteiger partial charge is 0.253 e. The second-order valence-corrected chi connectivity index (χ2v) is 7.60. The van der Waals surface area contributed by atoms with E-state index >= 15 is 0 Å². The Bertz CT molecular complexity index is 677. The molecule has 1 aromatic rings. The van der Waals surface area contributed by atoms with Crippen LogP contribution in [0.3, 0.4) is 0 Å². The number of hydrogen-bond donors (Lipinski definition) is 0. The van der Waals surface area contributed by atoms with Crippen LogP contribution in [0.5, 0.6) is 0 Å². The van der Waals surface area contributed by atoms with Crippen molar-refractivity contribution >= 4 is 23.4 Å². The monoisotopic (exact) mass is 382 g/mol.